The summed E-state index contributed by atoms with van der Waals surface area (Å²) < 4.78 is 4.96. The Balaban J connectivity index is 2.32. The molecule has 1 aromatic heterocycles. The van der Waals surface area contributed by atoms with Gasteiger partial charge in [-0.1, -0.05) is 17.7 Å². The molecule has 1 aromatic rings. The van der Waals surface area contributed by atoms with Crippen LogP contribution in [-0.4, -0.2) is 10.7 Å². The molecule has 0 radical (unpaired) electrons. The molecule has 0 fully saturated rings. The summed E-state index contributed by atoms with van der Waals surface area (Å²) in [6.07, 6.45) is 3.18. The maximum atomic E-state index is 4.96. The van der Waals surface area contributed by atoms with Crippen LogP contribution in [0.4, 0.5) is 0 Å². The minimum Gasteiger partial charge on any atom is -0.440 e. The zero-order chi connectivity index (χ0) is 7.23. The molecule has 52 valence electrons. The molecule has 0 aliphatic rings. The largest absolute Gasteiger partial charge is 0.440 e. The van der Waals surface area contributed by atoms with Gasteiger partial charge in [0.15, 0.2) is 0 Å². The van der Waals surface area contributed by atoms with Crippen molar-refractivity contribution in [1.29, 1.82) is 0 Å². The Morgan fingerprint density at radius 3 is 3.30 bits per heavy atom. The SMILES string of the molecule is CC#CCSc1ncco1. The van der Waals surface area contributed by atoms with Crippen LogP contribution >= 0.6 is 11.8 Å². The van der Waals surface area contributed by atoms with Gasteiger partial charge in [-0.2, -0.15) is 0 Å². The third-order valence-electron chi connectivity index (χ3n) is 0.854. The summed E-state index contributed by atoms with van der Waals surface area (Å²) in [5, 5.41) is 0.683. The average molecular weight is 153 g/mol. The van der Waals surface area contributed by atoms with Gasteiger partial charge in [0.25, 0.3) is 5.22 Å². The van der Waals surface area contributed by atoms with Crippen LogP contribution in [0, 0.1) is 11.8 Å². The van der Waals surface area contributed by atoms with Crippen LogP contribution in [0.5, 0.6) is 0 Å². The van der Waals surface area contributed by atoms with E-state index in [1.165, 1.54) is 11.8 Å². The van der Waals surface area contributed by atoms with E-state index in [-0.39, 0.29) is 0 Å². The highest BCUT2D eigenvalue weighted by Gasteiger charge is 1.93. The van der Waals surface area contributed by atoms with Crippen molar-refractivity contribution >= 4 is 11.8 Å². The first kappa shape index (κ1) is 7.23. The predicted octanol–water partition coefficient (Wildman–Crippen LogP) is 1.79. The number of aromatic nitrogens is 1. The lowest BCUT2D eigenvalue weighted by molar-refractivity contribution is 0.454. The van der Waals surface area contributed by atoms with E-state index >= 15 is 0 Å². The highest BCUT2D eigenvalue weighted by atomic mass is 32.2. The first-order chi connectivity index (χ1) is 4.93. The predicted molar refractivity (Wildman–Crippen MR) is 40.7 cm³/mol. The fourth-order valence-corrected chi connectivity index (χ4v) is 1.05. The van der Waals surface area contributed by atoms with Crippen molar-refractivity contribution in [2.24, 2.45) is 0 Å². The van der Waals surface area contributed by atoms with Gasteiger partial charge in [-0.25, -0.2) is 4.98 Å². The van der Waals surface area contributed by atoms with E-state index in [2.05, 4.69) is 16.8 Å². The summed E-state index contributed by atoms with van der Waals surface area (Å²) in [5.74, 6) is 6.44. The van der Waals surface area contributed by atoms with Crippen molar-refractivity contribution in [1.82, 2.24) is 4.98 Å². The Hall–Kier alpha value is -0.880. The van der Waals surface area contributed by atoms with Gasteiger partial charge in [0.1, 0.15) is 6.26 Å². The summed E-state index contributed by atoms with van der Waals surface area (Å²) in [7, 11) is 0. The lowest BCUT2D eigenvalue weighted by atomic mass is 10.7. The van der Waals surface area contributed by atoms with Gasteiger partial charge in [0.2, 0.25) is 0 Å². The van der Waals surface area contributed by atoms with Gasteiger partial charge >= 0.3 is 0 Å². The first-order valence-electron chi connectivity index (χ1n) is 2.85. The van der Waals surface area contributed by atoms with Gasteiger partial charge in [-0.15, -0.1) is 5.92 Å². The molecule has 3 heteroatoms. The van der Waals surface area contributed by atoms with Gasteiger partial charge in [-0.3, -0.25) is 0 Å². The molecule has 1 heterocycles. The normalized spacial score (nSPS) is 8.50. The Kier molecular flexibility index (Phi) is 2.91. The lowest BCUT2D eigenvalue weighted by Gasteiger charge is -1.84. The van der Waals surface area contributed by atoms with Crippen molar-refractivity contribution in [3.63, 3.8) is 0 Å². The summed E-state index contributed by atoms with van der Waals surface area (Å²) in [6, 6.07) is 0. The monoisotopic (exact) mass is 153 g/mol. The fourth-order valence-electron chi connectivity index (χ4n) is 0.452. The van der Waals surface area contributed by atoms with Crippen molar-refractivity contribution < 1.29 is 4.42 Å². The van der Waals surface area contributed by atoms with E-state index in [9.17, 15) is 0 Å². The second-order valence-corrected chi connectivity index (χ2v) is 2.44. The molecule has 0 saturated carbocycles. The zero-order valence-corrected chi connectivity index (χ0v) is 6.44. The van der Waals surface area contributed by atoms with Gasteiger partial charge in [0.05, 0.1) is 11.9 Å². The van der Waals surface area contributed by atoms with Crippen LogP contribution in [0.25, 0.3) is 0 Å². The second kappa shape index (κ2) is 4.02. The third kappa shape index (κ3) is 2.16. The van der Waals surface area contributed by atoms with Crippen molar-refractivity contribution in [2.45, 2.75) is 12.1 Å². The van der Waals surface area contributed by atoms with E-state index in [4.69, 9.17) is 4.42 Å². The Labute approximate surface area is 64.0 Å². The lowest BCUT2D eigenvalue weighted by Crippen LogP contribution is -1.71. The van der Waals surface area contributed by atoms with Crippen LogP contribution in [-0.2, 0) is 0 Å². The third-order valence-corrected chi connectivity index (χ3v) is 1.59. The molecule has 0 aliphatic heterocycles. The number of hydrogen-bond donors (Lipinski definition) is 0. The summed E-state index contributed by atoms with van der Waals surface area (Å²) >= 11 is 1.50. The Morgan fingerprint density at radius 1 is 1.80 bits per heavy atom. The van der Waals surface area contributed by atoms with E-state index in [1.807, 2.05) is 6.92 Å². The summed E-state index contributed by atoms with van der Waals surface area (Å²) in [6.45, 7) is 1.82. The van der Waals surface area contributed by atoms with Crippen LogP contribution in [0.1, 0.15) is 6.92 Å². The number of hydrogen-bond acceptors (Lipinski definition) is 3. The van der Waals surface area contributed by atoms with E-state index in [0.717, 1.165) is 5.75 Å². The number of oxazole rings is 1. The molecule has 0 amide bonds. The quantitative estimate of drug-likeness (QED) is 0.478. The van der Waals surface area contributed by atoms with E-state index in [1.54, 1.807) is 12.5 Å². The van der Waals surface area contributed by atoms with Gasteiger partial charge in [0, 0.05) is 0 Å². The molecule has 1 rings (SSSR count). The Morgan fingerprint density at radius 2 is 2.70 bits per heavy atom. The van der Waals surface area contributed by atoms with Gasteiger partial charge < -0.3 is 4.42 Å². The molecule has 0 aromatic carbocycles. The molecule has 0 unspecified atom stereocenters. The molecule has 0 bridgehead atoms. The smallest absolute Gasteiger partial charge is 0.256 e. The number of nitrogens with zero attached hydrogens (tertiary/aromatic N) is 1. The molecule has 0 saturated heterocycles. The summed E-state index contributed by atoms with van der Waals surface area (Å²) in [4.78, 5) is 3.92. The number of rotatable bonds is 2. The highest BCUT2D eigenvalue weighted by molar-refractivity contribution is 7.99. The van der Waals surface area contributed by atoms with Crippen LogP contribution in [0.2, 0.25) is 0 Å². The summed E-state index contributed by atoms with van der Waals surface area (Å²) in [5.41, 5.74) is 0. The van der Waals surface area contributed by atoms with Crippen molar-refractivity contribution in [2.75, 3.05) is 5.75 Å². The maximum absolute atomic E-state index is 4.96. The van der Waals surface area contributed by atoms with Crippen molar-refractivity contribution in [3.05, 3.63) is 12.5 Å². The minimum atomic E-state index is 0.683. The Bertz CT molecular complexity index is 232. The van der Waals surface area contributed by atoms with Gasteiger partial charge in [-0.05, 0) is 6.92 Å². The minimum absolute atomic E-state index is 0.683. The standard InChI is InChI=1S/C7H7NOS/c1-2-3-6-10-7-8-4-5-9-7/h4-5H,6H2,1H3. The fraction of sp³-hybridized carbons (Fsp3) is 0.286. The van der Waals surface area contributed by atoms with Crippen LogP contribution in [0.15, 0.2) is 22.1 Å². The molecular formula is C7H7NOS. The molecule has 10 heavy (non-hydrogen) atoms. The first-order valence-corrected chi connectivity index (χ1v) is 3.84. The molecular weight excluding hydrogens is 146 g/mol. The molecule has 0 atom stereocenters. The zero-order valence-electron chi connectivity index (χ0n) is 5.63. The van der Waals surface area contributed by atoms with Crippen LogP contribution < -0.4 is 0 Å². The molecule has 0 spiro atoms. The van der Waals surface area contributed by atoms with Crippen LogP contribution in [0.3, 0.4) is 0 Å². The average Bonchev–Trinajstić information content (AvgIpc) is 2.41. The molecule has 0 N–H and O–H groups in total. The number of thioether (sulfide) groups is 1. The molecule has 2 nitrogen and oxygen atoms in total. The maximum Gasteiger partial charge on any atom is 0.256 e. The second-order valence-electron chi connectivity index (χ2n) is 1.51. The van der Waals surface area contributed by atoms with E-state index in [0.29, 0.717) is 5.22 Å². The van der Waals surface area contributed by atoms with Crippen molar-refractivity contribution in [3.8, 4) is 11.8 Å². The molecule has 0 aliphatic carbocycles. The van der Waals surface area contributed by atoms with E-state index < -0.39 is 0 Å². The topological polar surface area (TPSA) is 26.0 Å². The highest BCUT2D eigenvalue weighted by Crippen LogP contribution is 2.12.